The van der Waals surface area contributed by atoms with Crippen LogP contribution in [-0.4, -0.2) is 23.5 Å². The number of rotatable bonds is 5. The highest BCUT2D eigenvalue weighted by molar-refractivity contribution is 9.10. The predicted octanol–water partition coefficient (Wildman–Crippen LogP) is 2.65. The number of nitrogens with zero attached hydrogens (tertiary/aromatic N) is 1. The summed E-state index contributed by atoms with van der Waals surface area (Å²) in [6, 6.07) is 5.15. The van der Waals surface area contributed by atoms with Crippen molar-refractivity contribution >= 4 is 44.9 Å². The van der Waals surface area contributed by atoms with Crippen molar-refractivity contribution in [1.29, 1.82) is 0 Å². The third kappa shape index (κ3) is 5.12. The summed E-state index contributed by atoms with van der Waals surface area (Å²) < 4.78 is 0.947. The molecule has 0 aliphatic carbocycles. The first-order valence-electron chi connectivity index (χ1n) is 6.49. The molecule has 2 rings (SSSR count). The van der Waals surface area contributed by atoms with Crippen LogP contribution in [0.3, 0.4) is 0 Å². The molecule has 8 heteroatoms. The van der Waals surface area contributed by atoms with E-state index in [0.717, 1.165) is 21.4 Å². The first-order chi connectivity index (χ1) is 10.5. The topological polar surface area (TPSA) is 83.1 Å². The Morgan fingerprint density at radius 1 is 1.32 bits per heavy atom. The fourth-order valence-electron chi connectivity index (χ4n) is 1.68. The molecule has 0 saturated heterocycles. The Morgan fingerprint density at radius 3 is 2.82 bits per heavy atom. The van der Waals surface area contributed by atoms with Gasteiger partial charge in [0.2, 0.25) is 5.91 Å². The third-order valence-electron chi connectivity index (χ3n) is 2.79. The molecule has 0 spiro atoms. The Kier molecular flexibility index (Phi) is 5.91. The number of benzene rings is 1. The minimum absolute atomic E-state index is 0.0988. The van der Waals surface area contributed by atoms with Crippen molar-refractivity contribution in [3.05, 3.63) is 44.8 Å². The highest BCUT2D eigenvalue weighted by Crippen LogP contribution is 2.19. The summed E-state index contributed by atoms with van der Waals surface area (Å²) >= 11 is 4.83. The van der Waals surface area contributed by atoms with Crippen LogP contribution >= 0.6 is 27.3 Å². The van der Waals surface area contributed by atoms with Crippen molar-refractivity contribution < 1.29 is 9.59 Å². The van der Waals surface area contributed by atoms with Gasteiger partial charge in [-0.1, -0.05) is 15.9 Å². The minimum atomic E-state index is -0.407. The number of anilines is 1. The smallest absolute Gasteiger partial charge is 0.315 e. The van der Waals surface area contributed by atoms with Crippen molar-refractivity contribution in [1.82, 2.24) is 15.6 Å². The van der Waals surface area contributed by atoms with Crippen LogP contribution in [0.2, 0.25) is 0 Å². The normalized spacial score (nSPS) is 10.1. The molecule has 0 saturated carbocycles. The van der Waals surface area contributed by atoms with Gasteiger partial charge in [0.05, 0.1) is 24.3 Å². The molecule has 0 fully saturated rings. The van der Waals surface area contributed by atoms with Gasteiger partial charge in [-0.25, -0.2) is 9.78 Å². The van der Waals surface area contributed by atoms with Gasteiger partial charge in [0.1, 0.15) is 0 Å². The maximum absolute atomic E-state index is 11.8. The number of nitrogens with one attached hydrogen (secondary N) is 3. The maximum atomic E-state index is 11.8. The summed E-state index contributed by atoms with van der Waals surface area (Å²) in [5, 5.41) is 9.73. The van der Waals surface area contributed by atoms with Crippen LogP contribution in [0.1, 0.15) is 11.3 Å². The second-order valence-electron chi connectivity index (χ2n) is 4.52. The number of hydrogen-bond acceptors (Lipinski definition) is 4. The number of halogens is 1. The molecule has 0 aliphatic rings. The van der Waals surface area contributed by atoms with Gasteiger partial charge >= 0.3 is 6.03 Å². The summed E-state index contributed by atoms with van der Waals surface area (Å²) in [6.07, 6.45) is 0. The van der Waals surface area contributed by atoms with Crippen molar-refractivity contribution in [3.8, 4) is 0 Å². The average Bonchev–Trinajstić information content (AvgIpc) is 2.99. The first-order valence-corrected chi connectivity index (χ1v) is 8.23. The van der Waals surface area contributed by atoms with Crippen LogP contribution in [0.15, 0.2) is 33.6 Å². The van der Waals surface area contributed by atoms with Crippen molar-refractivity contribution in [3.63, 3.8) is 0 Å². The van der Waals surface area contributed by atoms with E-state index in [9.17, 15) is 9.59 Å². The van der Waals surface area contributed by atoms with Gasteiger partial charge in [-0.2, -0.15) is 0 Å². The molecule has 116 valence electrons. The molecular formula is C14H15BrN4O2S. The first kappa shape index (κ1) is 16.4. The summed E-state index contributed by atoms with van der Waals surface area (Å²) in [4.78, 5) is 27.4. The van der Waals surface area contributed by atoms with Gasteiger partial charge in [0.25, 0.3) is 0 Å². The third-order valence-corrected chi connectivity index (χ3v) is 3.91. The Morgan fingerprint density at radius 2 is 2.14 bits per heavy atom. The lowest BCUT2D eigenvalue weighted by atomic mass is 10.2. The molecule has 0 aliphatic heterocycles. The van der Waals surface area contributed by atoms with Gasteiger partial charge in [-0.15, -0.1) is 11.3 Å². The molecule has 3 N–H and O–H groups in total. The SMILES string of the molecule is Cc1cc(Br)ccc1NC(=O)CNC(=O)NCc1cscn1. The monoisotopic (exact) mass is 382 g/mol. The molecule has 0 radical (unpaired) electrons. The van der Waals surface area contributed by atoms with E-state index in [-0.39, 0.29) is 12.5 Å². The largest absolute Gasteiger partial charge is 0.332 e. The lowest BCUT2D eigenvalue weighted by Gasteiger charge is -2.10. The minimum Gasteiger partial charge on any atom is -0.332 e. The number of amides is 3. The zero-order chi connectivity index (χ0) is 15.9. The number of hydrogen-bond donors (Lipinski definition) is 3. The van der Waals surface area contributed by atoms with Crippen LogP contribution in [0.5, 0.6) is 0 Å². The number of aromatic nitrogens is 1. The quantitative estimate of drug-likeness (QED) is 0.743. The maximum Gasteiger partial charge on any atom is 0.315 e. The van der Waals surface area contributed by atoms with E-state index in [0.29, 0.717) is 6.54 Å². The van der Waals surface area contributed by atoms with E-state index in [1.54, 1.807) is 11.6 Å². The van der Waals surface area contributed by atoms with Crippen LogP contribution in [0.25, 0.3) is 0 Å². The number of aryl methyl sites for hydroxylation is 1. The molecule has 1 aromatic carbocycles. The lowest BCUT2D eigenvalue weighted by Crippen LogP contribution is -2.39. The van der Waals surface area contributed by atoms with E-state index < -0.39 is 6.03 Å². The van der Waals surface area contributed by atoms with Gasteiger partial charge in [-0.3, -0.25) is 4.79 Å². The number of carbonyl (C=O) groups excluding carboxylic acids is 2. The van der Waals surface area contributed by atoms with Crippen LogP contribution in [0, 0.1) is 6.92 Å². The second-order valence-corrected chi connectivity index (χ2v) is 6.16. The van der Waals surface area contributed by atoms with Crippen molar-refractivity contribution in [2.24, 2.45) is 0 Å². The highest BCUT2D eigenvalue weighted by Gasteiger charge is 2.07. The zero-order valence-corrected chi connectivity index (χ0v) is 14.3. The van der Waals surface area contributed by atoms with Crippen LogP contribution in [-0.2, 0) is 11.3 Å². The van der Waals surface area contributed by atoms with Crippen molar-refractivity contribution in [2.75, 3.05) is 11.9 Å². The number of carbonyl (C=O) groups is 2. The molecule has 1 aromatic heterocycles. The molecular weight excluding hydrogens is 368 g/mol. The summed E-state index contributed by atoms with van der Waals surface area (Å²) in [5.74, 6) is -0.283. The van der Waals surface area contributed by atoms with E-state index in [2.05, 4.69) is 36.9 Å². The molecule has 0 bridgehead atoms. The van der Waals surface area contributed by atoms with E-state index in [1.807, 2.05) is 24.4 Å². The van der Waals surface area contributed by atoms with Gasteiger partial charge < -0.3 is 16.0 Å². The van der Waals surface area contributed by atoms with Crippen LogP contribution < -0.4 is 16.0 Å². The van der Waals surface area contributed by atoms with Gasteiger partial charge in [0, 0.05) is 15.5 Å². The Hall–Kier alpha value is -1.93. The molecule has 0 atom stereocenters. The van der Waals surface area contributed by atoms with E-state index in [4.69, 9.17) is 0 Å². The number of thiazole rings is 1. The Labute approximate surface area is 140 Å². The van der Waals surface area contributed by atoms with Crippen LogP contribution in [0.4, 0.5) is 10.5 Å². The highest BCUT2D eigenvalue weighted by atomic mass is 79.9. The molecule has 22 heavy (non-hydrogen) atoms. The van der Waals surface area contributed by atoms with E-state index in [1.165, 1.54) is 11.3 Å². The molecule has 1 heterocycles. The van der Waals surface area contributed by atoms with Gasteiger partial charge in [0.15, 0.2) is 0 Å². The summed E-state index contributed by atoms with van der Waals surface area (Å²) in [7, 11) is 0. The average molecular weight is 383 g/mol. The summed E-state index contributed by atoms with van der Waals surface area (Å²) in [6.45, 7) is 2.13. The lowest BCUT2D eigenvalue weighted by molar-refractivity contribution is -0.115. The standard InChI is InChI=1S/C14H15BrN4O2S/c1-9-4-10(15)2-3-12(9)19-13(20)6-17-14(21)16-5-11-7-22-8-18-11/h2-4,7-8H,5-6H2,1H3,(H,19,20)(H2,16,17,21). The summed E-state index contributed by atoms with van der Waals surface area (Å²) in [5.41, 5.74) is 4.15. The molecule has 3 amide bonds. The van der Waals surface area contributed by atoms with E-state index >= 15 is 0 Å². The fraction of sp³-hybridized carbons (Fsp3) is 0.214. The van der Waals surface area contributed by atoms with Gasteiger partial charge in [-0.05, 0) is 30.7 Å². The second kappa shape index (κ2) is 7.90. The molecule has 0 unspecified atom stereocenters. The molecule has 2 aromatic rings. The Balaban J connectivity index is 1.74. The Bertz CT molecular complexity index is 661. The fourth-order valence-corrected chi connectivity index (χ4v) is 2.71. The number of urea groups is 1. The zero-order valence-electron chi connectivity index (χ0n) is 11.9. The molecule has 6 nitrogen and oxygen atoms in total. The van der Waals surface area contributed by atoms with Crippen molar-refractivity contribution in [2.45, 2.75) is 13.5 Å². The predicted molar refractivity (Wildman–Crippen MR) is 89.9 cm³/mol.